The average molecular weight is 218 g/mol. The molecule has 0 spiro atoms. The van der Waals surface area contributed by atoms with Gasteiger partial charge in [0.25, 0.3) is 0 Å². The first-order valence-electron chi connectivity index (χ1n) is 2.54. The number of carboxylic acids is 1. The van der Waals surface area contributed by atoms with E-state index in [1.807, 2.05) is 0 Å². The summed E-state index contributed by atoms with van der Waals surface area (Å²) in [4.78, 5) is 10.0. The molecule has 0 rings (SSSR count). The number of rotatable bonds is 2. The third-order valence-corrected chi connectivity index (χ3v) is 1.00. The molecule has 0 saturated carbocycles. The van der Waals surface area contributed by atoms with Gasteiger partial charge in [-0.05, 0) is 5.92 Å². The molecule has 56 valence electrons. The maximum absolute atomic E-state index is 10.0. The maximum atomic E-state index is 10.0. The predicted molar refractivity (Wildman–Crippen MR) is 30.4 cm³/mol. The number of nitrogens with two attached hydrogens (primary N) is 1. The summed E-state index contributed by atoms with van der Waals surface area (Å²) in [6.45, 7) is 3.55. The summed E-state index contributed by atoms with van der Waals surface area (Å²) in [6, 6.07) is -0.713. The Balaban J connectivity index is 0. The zero-order chi connectivity index (χ0) is 6.73. The quantitative estimate of drug-likeness (QED) is 0.644. The van der Waals surface area contributed by atoms with E-state index in [1.54, 1.807) is 13.8 Å². The van der Waals surface area contributed by atoms with Gasteiger partial charge in [-0.1, -0.05) is 13.8 Å². The fourth-order valence-electron chi connectivity index (χ4n) is 0.285. The second-order valence-corrected chi connectivity index (χ2v) is 2.11. The van der Waals surface area contributed by atoms with Crippen LogP contribution in [0, 0.1) is 5.92 Å². The number of carbonyl (C=O) groups is 1. The van der Waals surface area contributed by atoms with Crippen LogP contribution in [0.3, 0.4) is 0 Å². The van der Waals surface area contributed by atoms with Gasteiger partial charge in [0.1, 0.15) is 6.04 Å². The van der Waals surface area contributed by atoms with E-state index in [-0.39, 0.29) is 25.4 Å². The third-order valence-electron chi connectivity index (χ3n) is 1.00. The normalized spacial score (nSPS) is 12.4. The van der Waals surface area contributed by atoms with E-state index in [0.717, 1.165) is 0 Å². The van der Waals surface area contributed by atoms with Crippen LogP contribution in [0.5, 0.6) is 0 Å². The van der Waals surface area contributed by atoms with Crippen LogP contribution in [0.25, 0.3) is 0 Å². The molecule has 3 nitrogen and oxygen atoms in total. The standard InChI is InChI=1S/C5H11NO2.Ru/c1-3(2)4(6)5(7)8;/h3-4H,6H2,1-2H3,(H,7,8);/t4-;/m0./s1. The minimum absolute atomic E-state index is 0. The molecule has 0 heterocycles. The molecule has 0 saturated heterocycles. The summed E-state index contributed by atoms with van der Waals surface area (Å²) in [7, 11) is 0. The van der Waals surface area contributed by atoms with Gasteiger partial charge in [-0.25, -0.2) is 0 Å². The van der Waals surface area contributed by atoms with Crippen LogP contribution < -0.4 is 5.73 Å². The van der Waals surface area contributed by atoms with E-state index >= 15 is 0 Å². The van der Waals surface area contributed by atoms with Crippen LogP contribution in [-0.4, -0.2) is 17.1 Å². The molecule has 0 radical (unpaired) electrons. The van der Waals surface area contributed by atoms with Crippen molar-refractivity contribution >= 4 is 5.97 Å². The van der Waals surface area contributed by atoms with Crippen LogP contribution in [0.2, 0.25) is 0 Å². The molecule has 0 aliphatic rings. The molecule has 9 heavy (non-hydrogen) atoms. The smallest absolute Gasteiger partial charge is 0.320 e. The Bertz CT molecular complexity index is 95.0. The molecular weight excluding hydrogens is 207 g/mol. The number of hydrogen-bond acceptors (Lipinski definition) is 2. The molecule has 0 unspecified atom stereocenters. The first-order valence-corrected chi connectivity index (χ1v) is 2.54. The SMILES string of the molecule is CC(C)[C@H](N)C(=O)O.[Ru]. The van der Waals surface area contributed by atoms with E-state index < -0.39 is 12.0 Å². The molecule has 0 aromatic rings. The van der Waals surface area contributed by atoms with Gasteiger partial charge in [0.15, 0.2) is 0 Å². The Hall–Kier alpha value is 0.0534. The van der Waals surface area contributed by atoms with Crippen molar-refractivity contribution < 1.29 is 29.4 Å². The van der Waals surface area contributed by atoms with Gasteiger partial charge in [-0.2, -0.15) is 0 Å². The van der Waals surface area contributed by atoms with Crippen molar-refractivity contribution in [2.24, 2.45) is 11.7 Å². The Morgan fingerprint density at radius 3 is 1.89 bits per heavy atom. The Morgan fingerprint density at radius 2 is 1.89 bits per heavy atom. The molecule has 0 aliphatic carbocycles. The fraction of sp³-hybridized carbons (Fsp3) is 0.800. The second-order valence-electron chi connectivity index (χ2n) is 2.11. The van der Waals surface area contributed by atoms with E-state index in [9.17, 15) is 4.79 Å². The molecule has 1 atom stereocenters. The topological polar surface area (TPSA) is 63.3 Å². The zero-order valence-corrected chi connectivity index (χ0v) is 7.18. The van der Waals surface area contributed by atoms with Crippen LogP contribution in [-0.2, 0) is 24.3 Å². The first-order chi connectivity index (χ1) is 3.55. The van der Waals surface area contributed by atoms with Crippen molar-refractivity contribution in [3.63, 3.8) is 0 Å². The van der Waals surface area contributed by atoms with Gasteiger partial charge < -0.3 is 10.8 Å². The Labute approximate surface area is 67.4 Å². The number of aliphatic carboxylic acids is 1. The van der Waals surface area contributed by atoms with Crippen LogP contribution >= 0.6 is 0 Å². The van der Waals surface area contributed by atoms with Crippen molar-refractivity contribution in [1.29, 1.82) is 0 Å². The predicted octanol–water partition coefficient (Wildman–Crippen LogP) is 0.0518. The minimum Gasteiger partial charge on any atom is -0.480 e. The van der Waals surface area contributed by atoms with Crippen molar-refractivity contribution in [2.75, 3.05) is 0 Å². The van der Waals surface area contributed by atoms with Crippen LogP contribution in [0.1, 0.15) is 13.8 Å². The molecule has 0 aliphatic heterocycles. The molecular formula is C5H11NO2Ru. The van der Waals surface area contributed by atoms with E-state index in [0.29, 0.717) is 0 Å². The van der Waals surface area contributed by atoms with E-state index in [4.69, 9.17) is 10.8 Å². The van der Waals surface area contributed by atoms with Crippen molar-refractivity contribution in [3.05, 3.63) is 0 Å². The molecule has 0 aromatic heterocycles. The molecule has 0 fully saturated rings. The summed E-state index contributed by atoms with van der Waals surface area (Å²) < 4.78 is 0. The van der Waals surface area contributed by atoms with Gasteiger partial charge in [0.2, 0.25) is 0 Å². The molecule has 0 amide bonds. The van der Waals surface area contributed by atoms with Crippen LogP contribution in [0.4, 0.5) is 0 Å². The zero-order valence-electron chi connectivity index (χ0n) is 5.44. The van der Waals surface area contributed by atoms with Gasteiger partial charge >= 0.3 is 5.97 Å². The van der Waals surface area contributed by atoms with Crippen molar-refractivity contribution in [3.8, 4) is 0 Å². The first kappa shape index (κ1) is 11.8. The summed E-state index contributed by atoms with van der Waals surface area (Å²) in [5, 5.41) is 8.23. The second kappa shape index (κ2) is 4.89. The molecule has 0 aromatic carbocycles. The minimum atomic E-state index is -0.931. The summed E-state index contributed by atoms with van der Waals surface area (Å²) in [5.41, 5.74) is 5.16. The van der Waals surface area contributed by atoms with Gasteiger partial charge in [-0.15, -0.1) is 0 Å². The fourth-order valence-corrected chi connectivity index (χ4v) is 0.285. The summed E-state index contributed by atoms with van der Waals surface area (Å²) >= 11 is 0. The number of hydrogen-bond donors (Lipinski definition) is 2. The van der Waals surface area contributed by atoms with E-state index in [1.165, 1.54) is 0 Å². The third kappa shape index (κ3) is 4.55. The summed E-state index contributed by atoms with van der Waals surface area (Å²) in [5.74, 6) is -0.910. The van der Waals surface area contributed by atoms with Crippen molar-refractivity contribution in [2.45, 2.75) is 19.9 Å². The Kier molecular flexibility index (Phi) is 6.41. The average Bonchev–Trinajstić information content (AvgIpc) is 1.64. The maximum Gasteiger partial charge on any atom is 0.320 e. The van der Waals surface area contributed by atoms with Gasteiger partial charge in [-0.3, -0.25) is 4.79 Å². The van der Waals surface area contributed by atoms with E-state index in [2.05, 4.69) is 0 Å². The largest absolute Gasteiger partial charge is 0.480 e. The van der Waals surface area contributed by atoms with Gasteiger partial charge in [0, 0.05) is 19.5 Å². The van der Waals surface area contributed by atoms with Gasteiger partial charge in [0.05, 0.1) is 0 Å². The number of carboxylic acid groups (broad SMARTS) is 1. The monoisotopic (exact) mass is 219 g/mol. The molecule has 4 heteroatoms. The molecule has 3 N–H and O–H groups in total. The Morgan fingerprint density at radius 1 is 1.56 bits per heavy atom. The summed E-state index contributed by atoms with van der Waals surface area (Å²) in [6.07, 6.45) is 0. The van der Waals surface area contributed by atoms with Crippen LogP contribution in [0.15, 0.2) is 0 Å². The van der Waals surface area contributed by atoms with Crippen molar-refractivity contribution in [1.82, 2.24) is 0 Å². The molecule has 0 bridgehead atoms.